The van der Waals surface area contributed by atoms with Gasteiger partial charge in [0.1, 0.15) is 23.2 Å². The van der Waals surface area contributed by atoms with Gasteiger partial charge < -0.3 is 30.0 Å². The quantitative estimate of drug-likeness (QED) is 0.283. The van der Waals surface area contributed by atoms with Crippen LogP contribution in [0.15, 0.2) is 54.0 Å². The monoisotopic (exact) mass is 636 g/mol. The van der Waals surface area contributed by atoms with Gasteiger partial charge in [-0.15, -0.1) is 6.58 Å². The van der Waals surface area contributed by atoms with Crippen molar-refractivity contribution in [3.8, 4) is 0 Å². The van der Waals surface area contributed by atoms with Crippen LogP contribution in [-0.2, 0) is 23.9 Å². The third kappa shape index (κ3) is 8.35. The van der Waals surface area contributed by atoms with E-state index in [1.165, 1.54) is 6.07 Å². The third-order valence-corrected chi connectivity index (χ3v) is 8.85. The summed E-state index contributed by atoms with van der Waals surface area (Å²) in [4.78, 5) is 68.0. The van der Waals surface area contributed by atoms with E-state index in [0.717, 1.165) is 43.0 Å². The van der Waals surface area contributed by atoms with Crippen LogP contribution in [0.2, 0.25) is 0 Å². The molecule has 5 rings (SSSR count). The van der Waals surface area contributed by atoms with Crippen molar-refractivity contribution in [2.45, 2.75) is 102 Å². The van der Waals surface area contributed by atoms with E-state index < -0.39 is 35.3 Å². The smallest absolute Gasteiger partial charge is 0.408 e. The number of carbonyl (C=O) groups excluding carboxylic acids is 4. The van der Waals surface area contributed by atoms with Crippen molar-refractivity contribution in [2.75, 3.05) is 13.2 Å². The largest absolute Gasteiger partial charge is 0.464 e. The van der Waals surface area contributed by atoms with Gasteiger partial charge in [0.25, 0.3) is 0 Å². The molecule has 4 unspecified atom stereocenters. The molecule has 0 radical (unpaired) electrons. The molecule has 1 aromatic carbocycles. The number of nitrogens with zero attached hydrogens (tertiary/aromatic N) is 1. The molecule has 1 aromatic heterocycles. The van der Waals surface area contributed by atoms with Crippen LogP contribution >= 0.6 is 0 Å². The predicted octanol–water partition coefficient (Wildman–Crippen LogP) is 4.60. The summed E-state index contributed by atoms with van der Waals surface area (Å²) in [5.41, 5.74) is -0.837. The summed E-state index contributed by atoms with van der Waals surface area (Å²) in [6.45, 7) is 11.5. The number of H-pyrrole nitrogens is 1. The fraction of sp³-hybridized carbons (Fsp3) is 0.571. The number of benzene rings is 1. The summed E-state index contributed by atoms with van der Waals surface area (Å²) in [5, 5.41) is 6.44. The summed E-state index contributed by atoms with van der Waals surface area (Å²) >= 11 is 0. The second kappa shape index (κ2) is 15.0. The van der Waals surface area contributed by atoms with E-state index >= 15 is 0 Å². The maximum Gasteiger partial charge on any atom is 0.408 e. The molecule has 1 aliphatic heterocycles. The van der Waals surface area contributed by atoms with E-state index in [4.69, 9.17) is 9.47 Å². The van der Waals surface area contributed by atoms with Crippen LogP contribution in [0.5, 0.6) is 0 Å². The maximum atomic E-state index is 13.8. The third-order valence-electron chi connectivity index (χ3n) is 8.85. The van der Waals surface area contributed by atoms with Gasteiger partial charge >= 0.3 is 12.1 Å². The minimum Gasteiger partial charge on any atom is -0.464 e. The number of hydrogen-bond acceptors (Lipinski definition) is 7. The van der Waals surface area contributed by atoms with Crippen LogP contribution in [0, 0.1) is 11.8 Å². The number of ether oxygens (including phenoxy) is 2. The van der Waals surface area contributed by atoms with E-state index in [2.05, 4.69) is 22.2 Å². The lowest BCUT2D eigenvalue weighted by Gasteiger charge is -2.35. The molecule has 2 heterocycles. The minimum absolute atomic E-state index is 0.00691. The lowest BCUT2D eigenvalue weighted by molar-refractivity contribution is -0.150. The normalized spacial score (nSPS) is 23.3. The Morgan fingerprint density at radius 2 is 1.80 bits per heavy atom. The molecule has 3 fully saturated rings. The molecular formula is C35H48N4O7. The molecule has 11 nitrogen and oxygen atoms in total. The van der Waals surface area contributed by atoms with Gasteiger partial charge in [0, 0.05) is 35.6 Å². The van der Waals surface area contributed by atoms with Crippen LogP contribution in [0.4, 0.5) is 4.79 Å². The number of pyridine rings is 1. The number of aromatic nitrogens is 1. The van der Waals surface area contributed by atoms with Gasteiger partial charge in [-0.3, -0.25) is 14.4 Å². The van der Waals surface area contributed by atoms with Gasteiger partial charge in [0.2, 0.25) is 11.8 Å². The van der Waals surface area contributed by atoms with Crippen molar-refractivity contribution in [1.82, 2.24) is 20.5 Å². The number of alkyl carbamates (subject to hydrolysis) is 1. The molecular weight excluding hydrogens is 588 g/mol. The minimum atomic E-state index is -1.11. The van der Waals surface area contributed by atoms with E-state index in [9.17, 15) is 24.0 Å². The van der Waals surface area contributed by atoms with Crippen molar-refractivity contribution in [2.24, 2.45) is 11.8 Å². The van der Waals surface area contributed by atoms with Crippen molar-refractivity contribution in [3.63, 3.8) is 0 Å². The summed E-state index contributed by atoms with van der Waals surface area (Å²) in [6, 6.07) is 7.54. The summed E-state index contributed by atoms with van der Waals surface area (Å²) in [6.07, 6.45) is 9.07. The standard InChI is InChI=1S/C26H41N3O6.C9H7NO/c1-6-18-16-26(18,23(32)34-7-2)28-21(30)19-14-11-15-29(19)22(31)20(17-12-9-8-10-13-17)27-24(33)35-25(3,4)5;11-9-5-6-10-8-4-2-1-3-7(8)9/h6,17-20H,1,7-16H2,2-5H3,(H,27,33)(H,28,30);1-6H,(H,10,11). The van der Waals surface area contributed by atoms with Crippen LogP contribution in [-0.4, -0.2) is 70.1 Å². The highest BCUT2D eigenvalue weighted by Gasteiger charge is 2.61. The number of amides is 3. The zero-order valence-corrected chi connectivity index (χ0v) is 27.4. The second-order valence-corrected chi connectivity index (χ2v) is 13.3. The Hall–Kier alpha value is -4.15. The number of fused-ring (bicyclic) bond motifs is 1. The Kier molecular flexibility index (Phi) is 11.3. The molecule has 0 bridgehead atoms. The number of carbonyl (C=O) groups is 4. The summed E-state index contributed by atoms with van der Waals surface area (Å²) < 4.78 is 10.6. The summed E-state index contributed by atoms with van der Waals surface area (Å²) in [5.74, 6) is -1.30. The predicted molar refractivity (Wildman–Crippen MR) is 175 cm³/mol. The van der Waals surface area contributed by atoms with Crippen LogP contribution in [0.3, 0.4) is 0 Å². The first-order valence-corrected chi connectivity index (χ1v) is 16.4. The highest BCUT2D eigenvalue weighted by atomic mass is 16.6. The number of aromatic amines is 1. The Bertz CT molecular complexity index is 1470. The Morgan fingerprint density at radius 3 is 2.43 bits per heavy atom. The Balaban J connectivity index is 0.000000363. The van der Waals surface area contributed by atoms with Gasteiger partial charge in [0.05, 0.1) is 6.61 Å². The lowest BCUT2D eigenvalue weighted by Crippen LogP contribution is -2.58. The van der Waals surface area contributed by atoms with Crippen molar-refractivity contribution >= 4 is 34.8 Å². The van der Waals surface area contributed by atoms with Gasteiger partial charge in [-0.05, 0) is 77.8 Å². The highest BCUT2D eigenvalue weighted by molar-refractivity contribution is 5.96. The van der Waals surface area contributed by atoms with Crippen molar-refractivity contribution in [3.05, 3.63) is 59.4 Å². The first-order valence-electron chi connectivity index (χ1n) is 16.4. The molecule has 3 amide bonds. The average Bonchev–Trinajstić information content (AvgIpc) is 3.51. The molecule has 3 N–H and O–H groups in total. The first kappa shape index (κ1) is 34.7. The van der Waals surface area contributed by atoms with Crippen LogP contribution in [0.25, 0.3) is 10.9 Å². The number of likely N-dealkylation sites (tertiary alicyclic amines) is 1. The number of rotatable bonds is 8. The molecule has 2 aliphatic carbocycles. The van der Waals surface area contributed by atoms with Crippen LogP contribution < -0.4 is 16.1 Å². The van der Waals surface area contributed by atoms with Gasteiger partial charge in [0.15, 0.2) is 5.43 Å². The Labute approximate surface area is 270 Å². The number of para-hydroxylation sites is 1. The molecule has 4 atom stereocenters. The maximum absolute atomic E-state index is 13.8. The van der Waals surface area contributed by atoms with Crippen molar-refractivity contribution < 1.29 is 28.7 Å². The number of esters is 1. The van der Waals surface area contributed by atoms with E-state index in [1.54, 1.807) is 44.9 Å². The molecule has 1 saturated heterocycles. The average molecular weight is 637 g/mol. The van der Waals surface area contributed by atoms with Gasteiger partial charge in [-0.1, -0.05) is 37.5 Å². The molecule has 3 aliphatic rings. The van der Waals surface area contributed by atoms with Crippen LogP contribution in [0.1, 0.15) is 79.1 Å². The van der Waals surface area contributed by atoms with Gasteiger partial charge in [-0.25, -0.2) is 9.59 Å². The zero-order chi connectivity index (χ0) is 33.5. The highest BCUT2D eigenvalue weighted by Crippen LogP contribution is 2.45. The molecule has 11 heteroatoms. The number of nitrogens with one attached hydrogen (secondary N) is 3. The fourth-order valence-corrected chi connectivity index (χ4v) is 6.45. The molecule has 2 aromatic rings. The first-order chi connectivity index (χ1) is 21.9. The second-order valence-electron chi connectivity index (χ2n) is 13.3. The van der Waals surface area contributed by atoms with E-state index in [0.29, 0.717) is 25.8 Å². The van der Waals surface area contributed by atoms with E-state index in [1.807, 2.05) is 24.3 Å². The lowest BCUT2D eigenvalue weighted by atomic mass is 9.83. The SMILES string of the molecule is C=CC1CC1(NC(=O)C1CCCN1C(=O)C(NC(=O)OC(C)(C)C)C1CCCCC1)C(=O)OCC.O=c1cc[nH]c2ccccc12. The molecule has 46 heavy (non-hydrogen) atoms. The number of hydrogen-bond donors (Lipinski definition) is 3. The molecule has 2 saturated carbocycles. The summed E-state index contributed by atoms with van der Waals surface area (Å²) in [7, 11) is 0. The van der Waals surface area contributed by atoms with Crippen molar-refractivity contribution in [1.29, 1.82) is 0 Å². The molecule has 250 valence electrons. The topological polar surface area (TPSA) is 147 Å². The Morgan fingerprint density at radius 1 is 1.09 bits per heavy atom. The fourth-order valence-electron chi connectivity index (χ4n) is 6.45. The zero-order valence-electron chi connectivity index (χ0n) is 27.4. The molecule has 0 spiro atoms. The van der Waals surface area contributed by atoms with Gasteiger partial charge in [-0.2, -0.15) is 0 Å². The van der Waals surface area contributed by atoms with E-state index in [-0.39, 0.29) is 35.7 Å².